The standard InChI is InChI=1S/C21H23BrN2O4/c1-2-27-18-7-9-19(10-8-18)28-15-20(25)23-11-13-24(14-12-23)21(26)16-3-5-17(22)6-4-16/h3-10H,2,11-15H2,1H3. The lowest BCUT2D eigenvalue weighted by molar-refractivity contribution is -0.134. The van der Waals surface area contributed by atoms with Gasteiger partial charge < -0.3 is 19.3 Å². The molecule has 2 amide bonds. The van der Waals surface area contributed by atoms with Crippen molar-refractivity contribution in [3.63, 3.8) is 0 Å². The molecule has 0 aliphatic carbocycles. The van der Waals surface area contributed by atoms with Gasteiger partial charge in [0, 0.05) is 36.2 Å². The summed E-state index contributed by atoms with van der Waals surface area (Å²) >= 11 is 3.37. The van der Waals surface area contributed by atoms with Crippen LogP contribution in [0.1, 0.15) is 17.3 Å². The van der Waals surface area contributed by atoms with E-state index in [0.29, 0.717) is 44.1 Å². The SMILES string of the molecule is CCOc1ccc(OCC(=O)N2CCN(C(=O)c3ccc(Br)cc3)CC2)cc1. The third-order valence-corrected chi connectivity index (χ3v) is 5.04. The van der Waals surface area contributed by atoms with Gasteiger partial charge in [0.05, 0.1) is 6.61 Å². The van der Waals surface area contributed by atoms with Gasteiger partial charge in [-0.15, -0.1) is 0 Å². The second kappa shape index (κ2) is 9.59. The molecule has 0 atom stereocenters. The minimum atomic E-state index is -0.0791. The summed E-state index contributed by atoms with van der Waals surface area (Å²) < 4.78 is 11.9. The second-order valence-electron chi connectivity index (χ2n) is 6.37. The summed E-state index contributed by atoms with van der Waals surface area (Å²) in [5.74, 6) is 1.31. The molecule has 1 aliphatic heterocycles. The van der Waals surface area contributed by atoms with Crippen LogP contribution in [0.2, 0.25) is 0 Å². The number of nitrogens with zero attached hydrogens (tertiary/aromatic N) is 2. The lowest BCUT2D eigenvalue weighted by Gasteiger charge is -2.34. The molecule has 2 aromatic rings. The highest BCUT2D eigenvalue weighted by atomic mass is 79.9. The van der Waals surface area contributed by atoms with Crippen LogP contribution in [-0.4, -0.2) is 61.0 Å². The van der Waals surface area contributed by atoms with E-state index in [1.54, 1.807) is 34.1 Å². The summed E-state index contributed by atoms with van der Waals surface area (Å²) in [6.45, 7) is 4.56. The smallest absolute Gasteiger partial charge is 0.260 e. The lowest BCUT2D eigenvalue weighted by Crippen LogP contribution is -2.51. The molecule has 2 aromatic carbocycles. The zero-order valence-electron chi connectivity index (χ0n) is 15.8. The molecule has 1 saturated heterocycles. The van der Waals surface area contributed by atoms with Gasteiger partial charge >= 0.3 is 0 Å². The van der Waals surface area contributed by atoms with Crippen LogP contribution in [-0.2, 0) is 4.79 Å². The highest BCUT2D eigenvalue weighted by Crippen LogP contribution is 2.18. The lowest BCUT2D eigenvalue weighted by atomic mass is 10.2. The molecule has 0 bridgehead atoms. The van der Waals surface area contributed by atoms with Gasteiger partial charge in [0.2, 0.25) is 0 Å². The highest BCUT2D eigenvalue weighted by molar-refractivity contribution is 9.10. The maximum absolute atomic E-state index is 12.5. The van der Waals surface area contributed by atoms with Crippen LogP contribution < -0.4 is 9.47 Å². The van der Waals surface area contributed by atoms with Crippen LogP contribution in [0.25, 0.3) is 0 Å². The van der Waals surface area contributed by atoms with Crippen molar-refractivity contribution in [3.05, 3.63) is 58.6 Å². The number of hydrogen-bond acceptors (Lipinski definition) is 4. The monoisotopic (exact) mass is 446 g/mol. The minimum absolute atomic E-state index is 0.00904. The Morgan fingerprint density at radius 2 is 1.39 bits per heavy atom. The Balaban J connectivity index is 1.45. The molecule has 1 fully saturated rings. The first kappa shape index (κ1) is 20.2. The summed E-state index contributed by atoms with van der Waals surface area (Å²) in [7, 11) is 0. The molecule has 0 saturated carbocycles. The topological polar surface area (TPSA) is 59.1 Å². The summed E-state index contributed by atoms with van der Waals surface area (Å²) in [5.41, 5.74) is 0.654. The first-order valence-electron chi connectivity index (χ1n) is 9.25. The first-order chi connectivity index (χ1) is 13.6. The van der Waals surface area contributed by atoms with Crippen LogP contribution in [0.15, 0.2) is 53.0 Å². The molecule has 7 heteroatoms. The molecule has 6 nitrogen and oxygen atoms in total. The molecule has 28 heavy (non-hydrogen) atoms. The fourth-order valence-electron chi connectivity index (χ4n) is 2.97. The predicted octanol–water partition coefficient (Wildman–Crippen LogP) is 3.21. The van der Waals surface area contributed by atoms with E-state index in [-0.39, 0.29) is 18.4 Å². The van der Waals surface area contributed by atoms with Crippen molar-refractivity contribution in [3.8, 4) is 11.5 Å². The predicted molar refractivity (Wildman–Crippen MR) is 110 cm³/mol. The van der Waals surface area contributed by atoms with Crippen molar-refractivity contribution in [2.24, 2.45) is 0 Å². The summed E-state index contributed by atoms with van der Waals surface area (Å²) in [4.78, 5) is 28.5. The van der Waals surface area contributed by atoms with E-state index in [2.05, 4.69) is 15.9 Å². The Bertz CT molecular complexity index is 800. The molecular weight excluding hydrogens is 424 g/mol. The quantitative estimate of drug-likeness (QED) is 0.683. The number of rotatable bonds is 6. The highest BCUT2D eigenvalue weighted by Gasteiger charge is 2.25. The van der Waals surface area contributed by atoms with Gasteiger partial charge in [-0.3, -0.25) is 9.59 Å². The van der Waals surface area contributed by atoms with Gasteiger partial charge in [0.25, 0.3) is 11.8 Å². The van der Waals surface area contributed by atoms with Gasteiger partial charge in [0.15, 0.2) is 6.61 Å². The Morgan fingerprint density at radius 3 is 1.96 bits per heavy atom. The molecule has 3 rings (SSSR count). The van der Waals surface area contributed by atoms with Gasteiger partial charge in [-0.25, -0.2) is 0 Å². The first-order valence-corrected chi connectivity index (χ1v) is 10.0. The largest absolute Gasteiger partial charge is 0.494 e. The zero-order chi connectivity index (χ0) is 19.9. The number of amides is 2. The zero-order valence-corrected chi connectivity index (χ0v) is 17.4. The van der Waals surface area contributed by atoms with E-state index >= 15 is 0 Å². The third kappa shape index (κ3) is 5.25. The van der Waals surface area contributed by atoms with Gasteiger partial charge in [-0.2, -0.15) is 0 Å². The Labute approximate surface area is 173 Å². The maximum Gasteiger partial charge on any atom is 0.260 e. The van der Waals surface area contributed by atoms with E-state index in [1.807, 2.05) is 31.2 Å². The molecular formula is C21H23BrN2O4. The second-order valence-corrected chi connectivity index (χ2v) is 7.29. The van der Waals surface area contributed by atoms with Crippen molar-refractivity contribution in [1.29, 1.82) is 0 Å². The van der Waals surface area contributed by atoms with E-state index in [4.69, 9.17) is 9.47 Å². The Hall–Kier alpha value is -2.54. The molecule has 1 aliphatic rings. The van der Waals surface area contributed by atoms with E-state index in [1.165, 1.54) is 0 Å². The Kier molecular flexibility index (Phi) is 6.92. The summed E-state index contributed by atoms with van der Waals surface area (Å²) in [6.07, 6.45) is 0. The summed E-state index contributed by atoms with van der Waals surface area (Å²) in [6, 6.07) is 14.5. The van der Waals surface area contributed by atoms with Crippen LogP contribution in [0, 0.1) is 0 Å². The number of halogens is 1. The third-order valence-electron chi connectivity index (χ3n) is 4.51. The van der Waals surface area contributed by atoms with Crippen molar-refractivity contribution in [2.45, 2.75) is 6.92 Å². The number of hydrogen-bond donors (Lipinski definition) is 0. The maximum atomic E-state index is 12.5. The molecule has 0 spiro atoms. The molecule has 0 N–H and O–H groups in total. The van der Waals surface area contributed by atoms with Crippen LogP contribution in [0.4, 0.5) is 0 Å². The molecule has 0 aromatic heterocycles. The molecule has 1 heterocycles. The number of piperazine rings is 1. The van der Waals surface area contributed by atoms with Crippen molar-refractivity contribution in [1.82, 2.24) is 9.80 Å². The van der Waals surface area contributed by atoms with Gasteiger partial charge in [-0.05, 0) is 55.5 Å². The van der Waals surface area contributed by atoms with E-state index < -0.39 is 0 Å². The number of benzene rings is 2. The average molecular weight is 447 g/mol. The number of ether oxygens (including phenoxy) is 2. The summed E-state index contributed by atoms with van der Waals surface area (Å²) in [5, 5.41) is 0. The van der Waals surface area contributed by atoms with Crippen molar-refractivity contribution < 1.29 is 19.1 Å². The van der Waals surface area contributed by atoms with E-state index in [9.17, 15) is 9.59 Å². The van der Waals surface area contributed by atoms with Crippen LogP contribution in [0.3, 0.4) is 0 Å². The number of carbonyl (C=O) groups excluding carboxylic acids is 2. The Morgan fingerprint density at radius 1 is 0.857 bits per heavy atom. The molecule has 0 unspecified atom stereocenters. The van der Waals surface area contributed by atoms with Crippen LogP contribution in [0.5, 0.6) is 11.5 Å². The van der Waals surface area contributed by atoms with Crippen LogP contribution >= 0.6 is 15.9 Å². The minimum Gasteiger partial charge on any atom is -0.494 e. The van der Waals surface area contributed by atoms with Gasteiger partial charge in [0.1, 0.15) is 11.5 Å². The fourth-order valence-corrected chi connectivity index (χ4v) is 3.23. The van der Waals surface area contributed by atoms with Crippen molar-refractivity contribution in [2.75, 3.05) is 39.4 Å². The van der Waals surface area contributed by atoms with E-state index in [0.717, 1.165) is 10.2 Å². The normalized spacial score (nSPS) is 13.9. The average Bonchev–Trinajstić information content (AvgIpc) is 2.73. The molecule has 148 valence electrons. The number of carbonyl (C=O) groups is 2. The molecule has 0 radical (unpaired) electrons. The fraction of sp³-hybridized carbons (Fsp3) is 0.333. The van der Waals surface area contributed by atoms with Gasteiger partial charge in [-0.1, -0.05) is 15.9 Å². The van der Waals surface area contributed by atoms with Crippen molar-refractivity contribution >= 4 is 27.7 Å².